The molecule has 0 atom stereocenters. The first-order valence-electron chi connectivity index (χ1n) is 2.60. The van der Waals surface area contributed by atoms with Gasteiger partial charge in [0.25, 0.3) is 0 Å². The topological polar surface area (TPSA) is 67.3 Å². The Bertz CT molecular complexity index is 367. The Morgan fingerprint density at radius 3 is 2.33 bits per heavy atom. The summed E-state index contributed by atoms with van der Waals surface area (Å²) in [6.45, 7) is 0. The molecule has 0 radical (unpaired) electrons. The Kier molecular flexibility index (Phi) is 4.68. The van der Waals surface area contributed by atoms with Crippen molar-refractivity contribution in [2.75, 3.05) is 0 Å². The van der Waals surface area contributed by atoms with Crippen molar-refractivity contribution in [3.63, 3.8) is 0 Å². The molecule has 0 bridgehead atoms. The summed E-state index contributed by atoms with van der Waals surface area (Å²) in [5.74, 6) is 0. The molecule has 0 aliphatic carbocycles. The SMILES string of the molecule is O=S(=O)(O)c1cccc(Cl)n1.[NaH]. The van der Waals surface area contributed by atoms with Crippen LogP contribution >= 0.6 is 11.6 Å². The summed E-state index contributed by atoms with van der Waals surface area (Å²) < 4.78 is 29.3. The van der Waals surface area contributed by atoms with E-state index in [0.29, 0.717) is 0 Å². The van der Waals surface area contributed by atoms with Gasteiger partial charge < -0.3 is 0 Å². The van der Waals surface area contributed by atoms with Crippen LogP contribution in [0.5, 0.6) is 0 Å². The Balaban J connectivity index is 0.00000121. The first kappa shape index (κ1) is 12.3. The molecule has 1 aromatic rings. The van der Waals surface area contributed by atoms with E-state index in [1.165, 1.54) is 12.1 Å². The molecule has 0 aliphatic heterocycles. The van der Waals surface area contributed by atoms with Crippen molar-refractivity contribution in [3.05, 3.63) is 23.4 Å². The molecule has 0 saturated carbocycles. The van der Waals surface area contributed by atoms with Crippen molar-refractivity contribution in [1.29, 1.82) is 0 Å². The van der Waals surface area contributed by atoms with Crippen molar-refractivity contribution in [3.8, 4) is 0 Å². The average molecular weight is 218 g/mol. The third-order valence-electron chi connectivity index (χ3n) is 0.954. The van der Waals surface area contributed by atoms with Crippen LogP contribution in [0.3, 0.4) is 0 Å². The van der Waals surface area contributed by atoms with E-state index in [-0.39, 0.29) is 34.7 Å². The first-order chi connectivity index (χ1) is 5.00. The second-order valence-corrected chi connectivity index (χ2v) is 3.53. The third-order valence-corrected chi connectivity index (χ3v) is 1.92. The van der Waals surface area contributed by atoms with Gasteiger partial charge in [0.2, 0.25) is 0 Å². The van der Waals surface area contributed by atoms with Gasteiger partial charge in [-0.1, -0.05) is 17.7 Å². The zero-order chi connectivity index (χ0) is 8.48. The molecule has 1 N–H and O–H groups in total. The van der Waals surface area contributed by atoms with Crippen LogP contribution in [0.2, 0.25) is 5.15 Å². The van der Waals surface area contributed by atoms with E-state index in [0.717, 1.165) is 6.07 Å². The third kappa shape index (κ3) is 3.38. The number of hydrogen-bond acceptors (Lipinski definition) is 3. The molecule has 0 saturated heterocycles. The van der Waals surface area contributed by atoms with Gasteiger partial charge in [0.15, 0.2) is 5.03 Å². The van der Waals surface area contributed by atoms with Crippen molar-refractivity contribution < 1.29 is 13.0 Å². The van der Waals surface area contributed by atoms with E-state index in [1.54, 1.807) is 0 Å². The maximum absolute atomic E-state index is 10.4. The van der Waals surface area contributed by atoms with E-state index in [1.807, 2.05) is 0 Å². The van der Waals surface area contributed by atoms with Crippen molar-refractivity contribution in [2.45, 2.75) is 5.03 Å². The molecule has 1 aromatic heterocycles. The van der Waals surface area contributed by atoms with E-state index >= 15 is 0 Å². The zero-order valence-electron chi connectivity index (χ0n) is 5.23. The molecule has 1 rings (SSSR count). The van der Waals surface area contributed by atoms with Gasteiger partial charge in [0.1, 0.15) is 5.15 Å². The molecule has 0 unspecified atom stereocenters. The molecule has 0 fully saturated rings. The summed E-state index contributed by atoms with van der Waals surface area (Å²) in [7, 11) is -4.22. The van der Waals surface area contributed by atoms with Crippen molar-refractivity contribution >= 4 is 51.3 Å². The van der Waals surface area contributed by atoms with E-state index < -0.39 is 15.1 Å². The number of halogens is 1. The number of rotatable bonds is 1. The molecule has 0 spiro atoms. The molecule has 0 aliphatic rings. The normalized spacial score (nSPS) is 10.5. The van der Waals surface area contributed by atoms with E-state index in [4.69, 9.17) is 16.2 Å². The molecule has 62 valence electrons. The minimum atomic E-state index is -4.22. The maximum atomic E-state index is 10.4. The number of aromatic nitrogens is 1. The molecule has 0 aromatic carbocycles. The summed E-state index contributed by atoms with van der Waals surface area (Å²) >= 11 is 5.36. The van der Waals surface area contributed by atoms with Gasteiger partial charge in [-0.2, -0.15) is 8.42 Å². The van der Waals surface area contributed by atoms with Crippen LogP contribution in [0.1, 0.15) is 0 Å². The number of pyridine rings is 1. The van der Waals surface area contributed by atoms with Crippen LogP contribution in [0.4, 0.5) is 0 Å². The summed E-state index contributed by atoms with van der Waals surface area (Å²) in [4.78, 5) is 3.37. The van der Waals surface area contributed by atoms with Crippen molar-refractivity contribution in [1.82, 2.24) is 4.98 Å². The summed E-state index contributed by atoms with van der Waals surface area (Å²) in [6.07, 6.45) is 0. The molecule has 12 heavy (non-hydrogen) atoms. The summed E-state index contributed by atoms with van der Waals surface area (Å²) in [5, 5.41) is -0.412. The van der Waals surface area contributed by atoms with Gasteiger partial charge in [-0.15, -0.1) is 0 Å². The van der Waals surface area contributed by atoms with Crippen LogP contribution in [-0.2, 0) is 10.1 Å². The Labute approximate surface area is 97.0 Å². The number of nitrogens with zero attached hydrogens (tertiary/aromatic N) is 1. The van der Waals surface area contributed by atoms with Crippen LogP contribution in [0.25, 0.3) is 0 Å². The minimum absolute atomic E-state index is 0. The Morgan fingerprint density at radius 2 is 2.00 bits per heavy atom. The zero-order valence-corrected chi connectivity index (χ0v) is 6.80. The molecular weight excluding hydrogens is 213 g/mol. The molecule has 7 heteroatoms. The van der Waals surface area contributed by atoms with Crippen molar-refractivity contribution in [2.24, 2.45) is 0 Å². The monoisotopic (exact) mass is 217 g/mol. The molecule has 0 amide bonds. The van der Waals surface area contributed by atoms with Gasteiger partial charge in [-0.05, 0) is 12.1 Å². The van der Waals surface area contributed by atoms with Gasteiger partial charge in [0.05, 0.1) is 0 Å². The summed E-state index contributed by atoms with van der Waals surface area (Å²) in [6, 6.07) is 3.95. The second kappa shape index (κ2) is 4.55. The predicted molar refractivity (Wildman–Crippen MR) is 46.2 cm³/mol. The van der Waals surface area contributed by atoms with E-state index in [9.17, 15) is 8.42 Å². The predicted octanol–water partition coefficient (Wildman–Crippen LogP) is 0.333. The second-order valence-electron chi connectivity index (χ2n) is 1.77. The van der Waals surface area contributed by atoms with Crippen LogP contribution in [0, 0.1) is 0 Å². The Morgan fingerprint density at radius 1 is 1.42 bits per heavy atom. The Hall–Kier alpha value is 0.350. The average Bonchev–Trinajstić information content (AvgIpc) is 1.86. The fourth-order valence-electron chi connectivity index (χ4n) is 0.533. The quantitative estimate of drug-likeness (QED) is 0.418. The van der Waals surface area contributed by atoms with Gasteiger partial charge in [-0.3, -0.25) is 4.55 Å². The van der Waals surface area contributed by atoms with Crippen LogP contribution < -0.4 is 0 Å². The molecule has 4 nitrogen and oxygen atoms in total. The van der Waals surface area contributed by atoms with Crippen LogP contribution in [0.15, 0.2) is 23.2 Å². The molecule has 1 heterocycles. The fourth-order valence-corrected chi connectivity index (χ4v) is 1.21. The van der Waals surface area contributed by atoms with E-state index in [2.05, 4.69) is 4.98 Å². The van der Waals surface area contributed by atoms with Crippen LogP contribution in [-0.4, -0.2) is 47.5 Å². The van der Waals surface area contributed by atoms with Gasteiger partial charge in [0, 0.05) is 0 Å². The summed E-state index contributed by atoms with van der Waals surface area (Å²) in [5.41, 5.74) is 0. The first-order valence-corrected chi connectivity index (χ1v) is 4.42. The standard InChI is InChI=1S/C5H4ClNO3S.Na.H/c6-4-2-1-3-5(7-4)11(8,9)10;;/h1-3H,(H,8,9,10);;. The van der Waals surface area contributed by atoms with Gasteiger partial charge >= 0.3 is 39.7 Å². The molecular formula is C5H5ClNNaO3S. The fraction of sp³-hybridized carbons (Fsp3) is 0. The van der Waals surface area contributed by atoms with Gasteiger partial charge in [-0.25, -0.2) is 4.98 Å². The number of hydrogen-bond donors (Lipinski definition) is 1.